The molecule has 1 aliphatic heterocycles. The number of rotatable bonds is 5. The van der Waals surface area contributed by atoms with Gasteiger partial charge in [0.15, 0.2) is 0 Å². The molecule has 1 aromatic carbocycles. The van der Waals surface area contributed by atoms with Crippen molar-refractivity contribution in [1.29, 1.82) is 0 Å². The molecule has 130 valence electrons. The average Bonchev–Trinajstić information content (AvgIpc) is 2.61. The van der Waals surface area contributed by atoms with Crippen LogP contribution in [0.2, 0.25) is 0 Å². The standard InChI is InChI=1S/C18H23NO5/c1-3-22-17(20)14(2)11-16-12-19(9-10-23-16)18(21)24-13-15-7-5-4-6-8-15/h4-8,11,16H,3,9-10,12-13H2,1-2H3/t16-/m1/s1. The lowest BCUT2D eigenvalue weighted by Gasteiger charge is -2.31. The molecule has 2 rings (SSSR count). The summed E-state index contributed by atoms with van der Waals surface area (Å²) in [7, 11) is 0. The minimum atomic E-state index is -0.380. The van der Waals surface area contributed by atoms with Crippen LogP contribution in [0.15, 0.2) is 42.0 Å². The smallest absolute Gasteiger partial charge is 0.410 e. The van der Waals surface area contributed by atoms with E-state index in [0.717, 1.165) is 5.56 Å². The summed E-state index contributed by atoms with van der Waals surface area (Å²) in [5, 5.41) is 0. The van der Waals surface area contributed by atoms with Crippen LogP contribution in [0.3, 0.4) is 0 Å². The first-order chi connectivity index (χ1) is 11.6. The summed E-state index contributed by atoms with van der Waals surface area (Å²) >= 11 is 0. The van der Waals surface area contributed by atoms with E-state index in [4.69, 9.17) is 14.2 Å². The molecule has 0 spiro atoms. The molecule has 1 aromatic rings. The lowest BCUT2D eigenvalue weighted by Crippen LogP contribution is -2.45. The second-order valence-electron chi connectivity index (χ2n) is 5.47. The topological polar surface area (TPSA) is 65.1 Å². The molecule has 0 aliphatic carbocycles. The van der Waals surface area contributed by atoms with E-state index in [1.54, 1.807) is 24.8 Å². The zero-order valence-electron chi connectivity index (χ0n) is 14.1. The van der Waals surface area contributed by atoms with Crippen LogP contribution in [0, 0.1) is 0 Å². The van der Waals surface area contributed by atoms with Gasteiger partial charge >= 0.3 is 12.1 Å². The molecule has 1 fully saturated rings. The Balaban J connectivity index is 1.86. The molecular formula is C18H23NO5. The van der Waals surface area contributed by atoms with Crippen molar-refractivity contribution in [2.45, 2.75) is 26.6 Å². The van der Waals surface area contributed by atoms with E-state index in [1.807, 2.05) is 30.3 Å². The fourth-order valence-corrected chi connectivity index (χ4v) is 2.34. The number of esters is 1. The Bertz CT molecular complexity index is 584. The summed E-state index contributed by atoms with van der Waals surface area (Å²) in [6, 6.07) is 9.52. The van der Waals surface area contributed by atoms with E-state index in [1.165, 1.54) is 0 Å². The second-order valence-corrected chi connectivity index (χ2v) is 5.47. The number of nitrogens with zero attached hydrogens (tertiary/aromatic N) is 1. The van der Waals surface area contributed by atoms with Crippen LogP contribution in [0.5, 0.6) is 0 Å². The Labute approximate surface area is 142 Å². The monoisotopic (exact) mass is 333 g/mol. The van der Waals surface area contributed by atoms with Crippen molar-refractivity contribution < 1.29 is 23.8 Å². The molecule has 24 heavy (non-hydrogen) atoms. The minimum absolute atomic E-state index is 0.236. The largest absolute Gasteiger partial charge is 0.463 e. The van der Waals surface area contributed by atoms with Crippen molar-refractivity contribution >= 4 is 12.1 Å². The van der Waals surface area contributed by atoms with Gasteiger partial charge < -0.3 is 19.1 Å². The molecule has 1 atom stereocenters. The molecule has 0 bridgehead atoms. The summed E-state index contributed by atoms with van der Waals surface area (Å²) in [4.78, 5) is 25.4. The van der Waals surface area contributed by atoms with Crippen molar-refractivity contribution in [3.05, 3.63) is 47.5 Å². The van der Waals surface area contributed by atoms with Gasteiger partial charge in [-0.25, -0.2) is 9.59 Å². The van der Waals surface area contributed by atoms with Gasteiger partial charge in [0.1, 0.15) is 6.61 Å². The number of morpholine rings is 1. The molecule has 6 heteroatoms. The zero-order valence-corrected chi connectivity index (χ0v) is 14.1. The minimum Gasteiger partial charge on any atom is -0.463 e. The third-order valence-corrected chi connectivity index (χ3v) is 3.59. The summed E-state index contributed by atoms with van der Waals surface area (Å²) in [5.74, 6) is -0.370. The van der Waals surface area contributed by atoms with Gasteiger partial charge in [-0.1, -0.05) is 30.3 Å². The second kappa shape index (κ2) is 9.08. The number of hydrogen-bond donors (Lipinski definition) is 0. The van der Waals surface area contributed by atoms with Crippen molar-refractivity contribution in [2.75, 3.05) is 26.3 Å². The lowest BCUT2D eigenvalue weighted by atomic mass is 10.2. The number of ether oxygens (including phenoxy) is 3. The number of hydrogen-bond acceptors (Lipinski definition) is 5. The molecule has 0 saturated carbocycles. The highest BCUT2D eigenvalue weighted by Crippen LogP contribution is 2.12. The number of benzene rings is 1. The highest BCUT2D eigenvalue weighted by molar-refractivity contribution is 5.87. The quantitative estimate of drug-likeness (QED) is 0.612. The van der Waals surface area contributed by atoms with Crippen LogP contribution in [0.25, 0.3) is 0 Å². The molecule has 0 unspecified atom stereocenters. The number of carbonyl (C=O) groups excluding carboxylic acids is 2. The Morgan fingerprint density at radius 3 is 2.75 bits per heavy atom. The highest BCUT2D eigenvalue weighted by Gasteiger charge is 2.24. The maximum atomic E-state index is 12.2. The molecule has 6 nitrogen and oxygen atoms in total. The first kappa shape index (κ1) is 18.0. The fraction of sp³-hybridized carbons (Fsp3) is 0.444. The normalized spacial score (nSPS) is 18.2. The van der Waals surface area contributed by atoms with Gasteiger partial charge in [0, 0.05) is 12.1 Å². The molecule has 1 aliphatic rings. The van der Waals surface area contributed by atoms with Crippen LogP contribution in [0.1, 0.15) is 19.4 Å². The Morgan fingerprint density at radius 1 is 1.29 bits per heavy atom. The molecule has 1 amide bonds. The highest BCUT2D eigenvalue weighted by atomic mass is 16.6. The maximum Gasteiger partial charge on any atom is 0.410 e. The molecular weight excluding hydrogens is 310 g/mol. The lowest BCUT2D eigenvalue weighted by molar-refractivity contribution is -0.138. The van der Waals surface area contributed by atoms with Crippen molar-refractivity contribution in [2.24, 2.45) is 0 Å². The van der Waals surface area contributed by atoms with Gasteiger partial charge in [-0.2, -0.15) is 0 Å². The van der Waals surface area contributed by atoms with Crippen LogP contribution in [0.4, 0.5) is 4.79 Å². The fourth-order valence-electron chi connectivity index (χ4n) is 2.34. The number of carbonyl (C=O) groups is 2. The summed E-state index contributed by atoms with van der Waals surface area (Å²) in [6.45, 7) is 5.21. The van der Waals surface area contributed by atoms with E-state index in [9.17, 15) is 9.59 Å². The van der Waals surface area contributed by atoms with Gasteiger partial charge in [0.05, 0.1) is 25.9 Å². The Kier molecular flexibility index (Phi) is 6.81. The third-order valence-electron chi connectivity index (χ3n) is 3.59. The van der Waals surface area contributed by atoms with Crippen LogP contribution >= 0.6 is 0 Å². The molecule has 0 aromatic heterocycles. The van der Waals surface area contributed by atoms with Crippen molar-refractivity contribution in [3.63, 3.8) is 0 Å². The van der Waals surface area contributed by atoms with Crippen molar-refractivity contribution in [3.8, 4) is 0 Å². The van der Waals surface area contributed by atoms with Crippen LogP contribution < -0.4 is 0 Å². The van der Waals surface area contributed by atoms with E-state index in [2.05, 4.69) is 0 Å². The Hall–Kier alpha value is -2.34. The van der Waals surface area contributed by atoms with Crippen LogP contribution in [-0.4, -0.2) is 49.4 Å². The maximum absolute atomic E-state index is 12.2. The zero-order chi connectivity index (χ0) is 17.4. The molecule has 0 radical (unpaired) electrons. The number of amides is 1. The third kappa shape index (κ3) is 5.38. The van der Waals surface area contributed by atoms with Gasteiger partial charge in [0.2, 0.25) is 0 Å². The molecule has 1 heterocycles. The molecule has 1 saturated heterocycles. The molecule has 0 N–H and O–H groups in total. The summed E-state index contributed by atoms with van der Waals surface area (Å²) in [5.41, 5.74) is 1.41. The predicted octanol–water partition coefficient (Wildman–Crippen LogP) is 2.53. The van der Waals surface area contributed by atoms with E-state index < -0.39 is 0 Å². The summed E-state index contributed by atoms with van der Waals surface area (Å²) < 4.78 is 15.9. The first-order valence-electron chi connectivity index (χ1n) is 8.03. The first-order valence-corrected chi connectivity index (χ1v) is 8.03. The van der Waals surface area contributed by atoms with Gasteiger partial charge in [-0.15, -0.1) is 0 Å². The van der Waals surface area contributed by atoms with Gasteiger partial charge in [-0.05, 0) is 25.5 Å². The SMILES string of the molecule is CCOC(=O)C(C)=C[C@@H]1CN(C(=O)OCc2ccccc2)CCO1. The van der Waals surface area contributed by atoms with Crippen LogP contribution in [-0.2, 0) is 25.6 Å². The Morgan fingerprint density at radius 2 is 2.04 bits per heavy atom. The summed E-state index contributed by atoms with van der Waals surface area (Å²) in [6.07, 6.45) is 0.969. The van der Waals surface area contributed by atoms with E-state index >= 15 is 0 Å². The van der Waals surface area contributed by atoms with Crippen molar-refractivity contribution in [1.82, 2.24) is 4.90 Å². The average molecular weight is 333 g/mol. The van der Waals surface area contributed by atoms with E-state index in [-0.39, 0.29) is 24.8 Å². The van der Waals surface area contributed by atoms with E-state index in [0.29, 0.717) is 31.9 Å². The van der Waals surface area contributed by atoms with Gasteiger partial charge in [-0.3, -0.25) is 0 Å². The van der Waals surface area contributed by atoms with Gasteiger partial charge in [0.25, 0.3) is 0 Å². The predicted molar refractivity (Wildman–Crippen MR) is 88.3 cm³/mol.